The van der Waals surface area contributed by atoms with Crippen LogP contribution in [0.1, 0.15) is 5.69 Å². The van der Waals surface area contributed by atoms with Gasteiger partial charge in [-0.05, 0) is 12.1 Å². The highest BCUT2D eigenvalue weighted by Gasteiger charge is 2.00. The van der Waals surface area contributed by atoms with E-state index in [1.807, 2.05) is 0 Å². The van der Waals surface area contributed by atoms with Gasteiger partial charge in [0.05, 0.1) is 6.20 Å². The van der Waals surface area contributed by atoms with Crippen LogP contribution in [0.2, 0.25) is 0 Å². The molecular weight excluding hydrogens is 155 g/mol. The molecule has 58 valence electrons. The number of halogens is 1. The number of terminal acetylenes is 1. The van der Waals surface area contributed by atoms with Gasteiger partial charge in [-0.1, -0.05) is 5.92 Å². The zero-order valence-electron chi connectivity index (χ0n) is 6.16. The van der Waals surface area contributed by atoms with Gasteiger partial charge >= 0.3 is 0 Å². The average molecular weight is 160 g/mol. The molecule has 0 fully saturated rings. The molecule has 12 heavy (non-hydrogen) atoms. The van der Waals surface area contributed by atoms with E-state index in [9.17, 15) is 4.39 Å². The first-order valence-electron chi connectivity index (χ1n) is 3.40. The van der Waals surface area contributed by atoms with Crippen LogP contribution in [0.5, 0.6) is 0 Å². The minimum atomic E-state index is -0.322. The van der Waals surface area contributed by atoms with Crippen molar-refractivity contribution < 1.29 is 4.39 Å². The molecule has 0 saturated carbocycles. The summed E-state index contributed by atoms with van der Waals surface area (Å²) in [5.74, 6) is 2.09. The lowest BCUT2D eigenvalue weighted by molar-refractivity contribution is 0.619. The van der Waals surface area contributed by atoms with E-state index < -0.39 is 0 Å². The van der Waals surface area contributed by atoms with Gasteiger partial charge in [-0.15, -0.1) is 6.42 Å². The van der Waals surface area contributed by atoms with Gasteiger partial charge in [0.25, 0.3) is 0 Å². The number of imidazole rings is 1. The minimum absolute atomic E-state index is 0.322. The molecule has 0 bridgehead atoms. The third kappa shape index (κ3) is 0.857. The van der Waals surface area contributed by atoms with Gasteiger partial charge in [-0.2, -0.15) is 0 Å². The normalized spacial score (nSPS) is 10.0. The fourth-order valence-electron chi connectivity index (χ4n) is 1.06. The van der Waals surface area contributed by atoms with Crippen molar-refractivity contribution in [3.05, 3.63) is 36.0 Å². The number of hydrogen-bond donors (Lipinski definition) is 0. The topological polar surface area (TPSA) is 17.3 Å². The summed E-state index contributed by atoms with van der Waals surface area (Å²) < 4.78 is 14.3. The van der Waals surface area contributed by atoms with Gasteiger partial charge in [-0.3, -0.25) is 4.40 Å². The van der Waals surface area contributed by atoms with Gasteiger partial charge < -0.3 is 0 Å². The summed E-state index contributed by atoms with van der Waals surface area (Å²) in [7, 11) is 0. The van der Waals surface area contributed by atoms with Crippen molar-refractivity contribution in [1.29, 1.82) is 0 Å². The average Bonchev–Trinajstić information content (AvgIpc) is 2.46. The Bertz CT molecular complexity index is 465. The Balaban J connectivity index is 2.86. The smallest absolute Gasteiger partial charge is 0.139 e. The molecular formula is C9H5FN2. The van der Waals surface area contributed by atoms with Gasteiger partial charge in [0.1, 0.15) is 17.2 Å². The van der Waals surface area contributed by atoms with Crippen LogP contribution in [-0.2, 0) is 0 Å². The van der Waals surface area contributed by atoms with Crippen LogP contribution in [0.3, 0.4) is 0 Å². The summed E-state index contributed by atoms with van der Waals surface area (Å²) in [5.41, 5.74) is 1.22. The van der Waals surface area contributed by atoms with Gasteiger partial charge in [0.2, 0.25) is 0 Å². The number of fused-ring (bicyclic) bond motifs is 1. The summed E-state index contributed by atoms with van der Waals surface area (Å²) in [4.78, 5) is 3.98. The molecule has 0 aromatic carbocycles. The molecule has 0 spiro atoms. The molecule has 0 aliphatic rings. The molecule has 0 unspecified atom stereocenters. The van der Waals surface area contributed by atoms with E-state index in [1.54, 1.807) is 6.07 Å². The summed E-state index contributed by atoms with van der Waals surface area (Å²) in [6.07, 6.45) is 8.03. The molecule has 2 aromatic rings. The molecule has 0 radical (unpaired) electrons. The molecule has 2 heterocycles. The first kappa shape index (κ1) is 6.86. The second-order valence-corrected chi connectivity index (χ2v) is 2.36. The fourth-order valence-corrected chi connectivity index (χ4v) is 1.06. The molecule has 0 atom stereocenters. The number of rotatable bonds is 0. The number of pyridine rings is 1. The van der Waals surface area contributed by atoms with E-state index in [-0.39, 0.29) is 5.82 Å². The quantitative estimate of drug-likeness (QED) is 0.533. The monoisotopic (exact) mass is 160 g/mol. The lowest BCUT2D eigenvalue weighted by Crippen LogP contribution is -1.88. The van der Waals surface area contributed by atoms with Gasteiger partial charge in [0.15, 0.2) is 0 Å². The molecule has 3 heteroatoms. The highest BCUT2D eigenvalue weighted by Crippen LogP contribution is 2.06. The van der Waals surface area contributed by atoms with E-state index >= 15 is 0 Å². The Labute approximate surface area is 68.7 Å². The minimum Gasteiger partial charge on any atom is -0.290 e. The molecule has 2 aromatic heterocycles. The van der Waals surface area contributed by atoms with Crippen LogP contribution in [0.25, 0.3) is 5.65 Å². The maximum Gasteiger partial charge on any atom is 0.139 e. The Hall–Kier alpha value is -1.82. The van der Waals surface area contributed by atoms with Crippen LogP contribution >= 0.6 is 0 Å². The van der Waals surface area contributed by atoms with E-state index in [0.29, 0.717) is 11.3 Å². The number of nitrogens with zero attached hydrogens (tertiary/aromatic N) is 2. The predicted octanol–water partition coefficient (Wildman–Crippen LogP) is 1.45. The first-order chi connectivity index (χ1) is 5.81. The lowest BCUT2D eigenvalue weighted by Gasteiger charge is -1.93. The van der Waals surface area contributed by atoms with Crippen LogP contribution in [0.15, 0.2) is 24.5 Å². The summed E-state index contributed by atoms with van der Waals surface area (Å²) >= 11 is 0. The molecule has 0 saturated heterocycles. The van der Waals surface area contributed by atoms with Crippen molar-refractivity contribution in [1.82, 2.24) is 9.38 Å². The standard InChI is InChI=1S/C9H5FN2/c1-2-8-5-11-9-4-3-7(10)6-12(8)9/h1,3-6H. The zero-order chi connectivity index (χ0) is 8.55. The van der Waals surface area contributed by atoms with Crippen LogP contribution in [0.4, 0.5) is 4.39 Å². The SMILES string of the molecule is C#Cc1cnc2ccc(F)cn12. The highest BCUT2D eigenvalue weighted by molar-refractivity contribution is 5.44. The largest absolute Gasteiger partial charge is 0.290 e. The van der Waals surface area contributed by atoms with Crippen LogP contribution < -0.4 is 0 Å². The van der Waals surface area contributed by atoms with E-state index in [1.165, 1.54) is 22.9 Å². The summed E-state index contributed by atoms with van der Waals surface area (Å²) in [5, 5.41) is 0. The second kappa shape index (κ2) is 2.35. The van der Waals surface area contributed by atoms with Crippen LogP contribution in [0, 0.1) is 18.2 Å². The molecule has 0 amide bonds. The van der Waals surface area contributed by atoms with Crippen molar-refractivity contribution in [3.8, 4) is 12.3 Å². The van der Waals surface area contributed by atoms with Crippen molar-refractivity contribution in [2.75, 3.05) is 0 Å². The summed E-state index contributed by atoms with van der Waals surface area (Å²) in [6.45, 7) is 0. The second-order valence-electron chi connectivity index (χ2n) is 2.36. The fraction of sp³-hybridized carbons (Fsp3) is 0. The zero-order valence-corrected chi connectivity index (χ0v) is 6.16. The molecule has 0 aliphatic carbocycles. The Kier molecular flexibility index (Phi) is 1.34. The number of aromatic nitrogens is 2. The predicted molar refractivity (Wildman–Crippen MR) is 43.1 cm³/mol. The Morgan fingerprint density at radius 2 is 2.33 bits per heavy atom. The van der Waals surface area contributed by atoms with Gasteiger partial charge in [-0.25, -0.2) is 9.37 Å². The maximum atomic E-state index is 12.7. The number of hydrogen-bond acceptors (Lipinski definition) is 1. The lowest BCUT2D eigenvalue weighted by atomic mass is 10.4. The Morgan fingerprint density at radius 1 is 1.50 bits per heavy atom. The molecule has 2 nitrogen and oxygen atoms in total. The van der Waals surface area contributed by atoms with Gasteiger partial charge in [0, 0.05) is 6.20 Å². The third-order valence-electron chi connectivity index (χ3n) is 1.62. The van der Waals surface area contributed by atoms with Crippen LogP contribution in [-0.4, -0.2) is 9.38 Å². The van der Waals surface area contributed by atoms with Crippen molar-refractivity contribution >= 4 is 5.65 Å². The maximum absolute atomic E-state index is 12.7. The molecule has 0 aliphatic heterocycles. The van der Waals surface area contributed by atoms with Crippen molar-refractivity contribution in [3.63, 3.8) is 0 Å². The van der Waals surface area contributed by atoms with E-state index in [4.69, 9.17) is 6.42 Å². The molecule has 0 N–H and O–H groups in total. The van der Waals surface area contributed by atoms with E-state index in [2.05, 4.69) is 10.9 Å². The third-order valence-corrected chi connectivity index (χ3v) is 1.62. The first-order valence-corrected chi connectivity index (χ1v) is 3.40. The van der Waals surface area contributed by atoms with Crippen molar-refractivity contribution in [2.24, 2.45) is 0 Å². The summed E-state index contributed by atoms with van der Waals surface area (Å²) in [6, 6.07) is 2.93. The highest BCUT2D eigenvalue weighted by atomic mass is 19.1. The molecule has 2 rings (SSSR count). The Morgan fingerprint density at radius 3 is 3.08 bits per heavy atom. The van der Waals surface area contributed by atoms with E-state index in [0.717, 1.165) is 0 Å². The van der Waals surface area contributed by atoms with Crippen molar-refractivity contribution in [2.45, 2.75) is 0 Å².